The number of aryl methyl sites for hydroxylation is 2. The highest BCUT2D eigenvalue weighted by Gasteiger charge is 2.36. The van der Waals surface area contributed by atoms with Gasteiger partial charge in [-0.05, 0) is 31.5 Å². The van der Waals surface area contributed by atoms with Gasteiger partial charge in [0.1, 0.15) is 0 Å². The number of hydrogen-bond acceptors (Lipinski definition) is 5. The Kier molecular flexibility index (Phi) is 6.99. The van der Waals surface area contributed by atoms with Crippen LogP contribution in [0.25, 0.3) is 22.0 Å². The van der Waals surface area contributed by atoms with Gasteiger partial charge >= 0.3 is 12.1 Å². The average molecular weight is 421 g/mol. The van der Waals surface area contributed by atoms with E-state index in [1.54, 1.807) is 18.2 Å². The number of pyridine rings is 2. The maximum absolute atomic E-state index is 13.5. The molecule has 2 N–H and O–H groups in total. The predicted molar refractivity (Wildman–Crippen MR) is 108 cm³/mol. The number of nitrogens with two attached hydrogens (primary N) is 1. The van der Waals surface area contributed by atoms with Gasteiger partial charge < -0.3 is 15.0 Å². The third-order valence-electron chi connectivity index (χ3n) is 4.63. The summed E-state index contributed by atoms with van der Waals surface area (Å²) in [7, 11) is 2.76. The standard InChI is InChI=1S/C18H15F3N2O.C3H7NO2/c1-10-6-7-13(16-12(10)5-4-8-22-16)15-14(18(19,20)21)9-11(2)23(3)17(15)24;1-6-3(5)2-4/h4-9H,1-3H3;2,4H2,1H3. The average Bonchev–Trinajstić information content (AvgIpc) is 2.72. The molecule has 3 aromatic rings. The Bertz CT molecular complexity index is 1130. The van der Waals surface area contributed by atoms with E-state index in [9.17, 15) is 22.8 Å². The minimum Gasteiger partial charge on any atom is -0.468 e. The van der Waals surface area contributed by atoms with Crippen molar-refractivity contribution in [2.45, 2.75) is 20.0 Å². The Morgan fingerprint density at radius 2 is 1.90 bits per heavy atom. The fourth-order valence-electron chi connectivity index (χ4n) is 2.91. The largest absolute Gasteiger partial charge is 0.468 e. The number of methoxy groups -OCH3 is 1. The molecule has 3 rings (SSSR count). The van der Waals surface area contributed by atoms with E-state index in [1.165, 1.54) is 37.9 Å². The van der Waals surface area contributed by atoms with Crippen LogP contribution in [0, 0.1) is 13.8 Å². The van der Waals surface area contributed by atoms with E-state index >= 15 is 0 Å². The zero-order valence-corrected chi connectivity index (χ0v) is 17.0. The number of nitrogens with zero attached hydrogens (tertiary/aromatic N) is 2. The first kappa shape index (κ1) is 23.1. The number of ether oxygens (including phenoxy) is 1. The first-order chi connectivity index (χ1) is 14.0. The molecule has 2 aromatic heterocycles. The van der Waals surface area contributed by atoms with Crippen LogP contribution in [0.1, 0.15) is 16.8 Å². The lowest BCUT2D eigenvalue weighted by Crippen LogP contribution is -2.25. The normalized spacial score (nSPS) is 11.1. The minimum absolute atomic E-state index is 0.0312. The van der Waals surface area contributed by atoms with E-state index in [0.29, 0.717) is 5.52 Å². The number of alkyl halides is 3. The van der Waals surface area contributed by atoms with Gasteiger partial charge in [-0.2, -0.15) is 13.2 Å². The Morgan fingerprint density at radius 3 is 2.43 bits per heavy atom. The third kappa shape index (κ3) is 4.68. The summed E-state index contributed by atoms with van der Waals surface area (Å²) in [5.74, 6) is -0.380. The number of hydrogen-bond donors (Lipinski definition) is 1. The zero-order valence-electron chi connectivity index (χ0n) is 17.0. The number of benzene rings is 1. The maximum Gasteiger partial charge on any atom is 0.417 e. The van der Waals surface area contributed by atoms with Crippen molar-refractivity contribution in [2.75, 3.05) is 13.7 Å². The third-order valence-corrected chi connectivity index (χ3v) is 4.63. The molecule has 0 aliphatic heterocycles. The second kappa shape index (κ2) is 9.08. The molecule has 0 atom stereocenters. The molecule has 0 spiro atoms. The lowest BCUT2D eigenvalue weighted by molar-refractivity contribution is -0.139. The maximum atomic E-state index is 13.5. The van der Waals surface area contributed by atoms with Crippen molar-refractivity contribution in [3.8, 4) is 11.1 Å². The quantitative estimate of drug-likeness (QED) is 0.642. The van der Waals surface area contributed by atoms with Crippen LogP contribution in [0.15, 0.2) is 41.3 Å². The molecular formula is C21H22F3N3O3. The molecule has 0 saturated carbocycles. The molecule has 30 heavy (non-hydrogen) atoms. The fourth-order valence-corrected chi connectivity index (χ4v) is 2.91. The van der Waals surface area contributed by atoms with Crippen LogP contribution < -0.4 is 11.3 Å². The summed E-state index contributed by atoms with van der Waals surface area (Å²) in [6.45, 7) is 3.30. The molecule has 0 unspecified atom stereocenters. The summed E-state index contributed by atoms with van der Waals surface area (Å²) in [5, 5.41) is 0.728. The van der Waals surface area contributed by atoms with Crippen LogP contribution in [0.4, 0.5) is 13.2 Å². The van der Waals surface area contributed by atoms with Gasteiger partial charge in [0, 0.05) is 29.9 Å². The van der Waals surface area contributed by atoms with Crippen molar-refractivity contribution in [1.82, 2.24) is 9.55 Å². The molecule has 2 heterocycles. The van der Waals surface area contributed by atoms with Crippen molar-refractivity contribution in [2.24, 2.45) is 12.8 Å². The Balaban J connectivity index is 0.000000469. The molecule has 0 fully saturated rings. The van der Waals surface area contributed by atoms with Crippen LogP contribution >= 0.6 is 0 Å². The molecule has 0 aliphatic carbocycles. The first-order valence-electron chi connectivity index (χ1n) is 8.92. The minimum atomic E-state index is -4.63. The van der Waals surface area contributed by atoms with Crippen molar-refractivity contribution in [3.05, 3.63) is 63.7 Å². The van der Waals surface area contributed by atoms with E-state index in [-0.39, 0.29) is 29.3 Å². The summed E-state index contributed by atoms with van der Waals surface area (Å²) in [5.41, 5.74) is 4.56. The lowest BCUT2D eigenvalue weighted by Gasteiger charge is -2.17. The van der Waals surface area contributed by atoms with Gasteiger partial charge in [-0.3, -0.25) is 14.6 Å². The van der Waals surface area contributed by atoms with E-state index < -0.39 is 17.3 Å². The molecule has 9 heteroatoms. The molecule has 6 nitrogen and oxygen atoms in total. The first-order valence-corrected chi connectivity index (χ1v) is 8.92. The predicted octanol–water partition coefficient (Wildman–Crippen LogP) is 3.35. The van der Waals surface area contributed by atoms with Crippen LogP contribution in [0.2, 0.25) is 0 Å². The fraction of sp³-hybridized carbons (Fsp3) is 0.286. The monoisotopic (exact) mass is 421 g/mol. The van der Waals surface area contributed by atoms with Gasteiger partial charge in [0.25, 0.3) is 5.56 Å². The highest BCUT2D eigenvalue weighted by atomic mass is 19.4. The summed E-state index contributed by atoms with van der Waals surface area (Å²) in [6, 6.07) is 7.75. The summed E-state index contributed by atoms with van der Waals surface area (Å²) in [4.78, 5) is 26.7. The number of esters is 1. The van der Waals surface area contributed by atoms with E-state index in [1.807, 2.05) is 6.92 Å². The molecule has 0 aliphatic rings. The topological polar surface area (TPSA) is 87.2 Å². The number of fused-ring (bicyclic) bond motifs is 1. The van der Waals surface area contributed by atoms with Gasteiger partial charge in [-0.15, -0.1) is 0 Å². The van der Waals surface area contributed by atoms with E-state index in [2.05, 4.69) is 9.72 Å². The van der Waals surface area contributed by atoms with E-state index in [0.717, 1.165) is 17.0 Å². The highest BCUT2D eigenvalue weighted by Crippen LogP contribution is 2.38. The molecule has 1 aromatic carbocycles. The smallest absolute Gasteiger partial charge is 0.417 e. The molecular weight excluding hydrogens is 399 g/mol. The van der Waals surface area contributed by atoms with Gasteiger partial charge in [0.2, 0.25) is 0 Å². The number of rotatable bonds is 2. The Morgan fingerprint density at radius 1 is 1.23 bits per heavy atom. The van der Waals surface area contributed by atoms with Gasteiger partial charge in [-0.25, -0.2) is 0 Å². The second-order valence-electron chi connectivity index (χ2n) is 6.55. The molecule has 0 bridgehead atoms. The van der Waals surface area contributed by atoms with Crippen LogP contribution in [0.3, 0.4) is 0 Å². The molecule has 0 saturated heterocycles. The van der Waals surface area contributed by atoms with Crippen molar-refractivity contribution < 1.29 is 22.7 Å². The summed E-state index contributed by atoms with van der Waals surface area (Å²) >= 11 is 0. The number of carbonyl (C=O) groups excluding carboxylic acids is 1. The molecule has 0 amide bonds. The summed E-state index contributed by atoms with van der Waals surface area (Å²) < 4.78 is 46.0. The SMILES string of the molecule is COC(=O)CN.Cc1ccc(-c2c(C(F)(F)F)cc(C)n(C)c2=O)c2ncccc12. The number of carbonyl (C=O) groups is 1. The van der Waals surface area contributed by atoms with Crippen molar-refractivity contribution >= 4 is 16.9 Å². The Labute approximate surface area is 171 Å². The summed E-state index contributed by atoms with van der Waals surface area (Å²) in [6.07, 6.45) is -3.11. The second-order valence-corrected chi connectivity index (χ2v) is 6.55. The van der Waals surface area contributed by atoms with Gasteiger partial charge in [0.15, 0.2) is 0 Å². The zero-order chi connectivity index (χ0) is 22.6. The lowest BCUT2D eigenvalue weighted by atomic mass is 9.95. The van der Waals surface area contributed by atoms with Crippen LogP contribution in [-0.4, -0.2) is 29.2 Å². The highest BCUT2D eigenvalue weighted by molar-refractivity contribution is 5.96. The number of aromatic nitrogens is 2. The van der Waals surface area contributed by atoms with Gasteiger partial charge in [0.05, 0.1) is 30.3 Å². The van der Waals surface area contributed by atoms with Crippen LogP contribution in [0.5, 0.6) is 0 Å². The number of halogens is 3. The van der Waals surface area contributed by atoms with Crippen molar-refractivity contribution in [3.63, 3.8) is 0 Å². The van der Waals surface area contributed by atoms with Crippen LogP contribution in [-0.2, 0) is 22.8 Å². The molecule has 160 valence electrons. The van der Waals surface area contributed by atoms with E-state index in [4.69, 9.17) is 5.73 Å². The van der Waals surface area contributed by atoms with Crippen molar-refractivity contribution in [1.29, 1.82) is 0 Å². The Hall–Kier alpha value is -3.20. The van der Waals surface area contributed by atoms with Gasteiger partial charge in [-0.1, -0.05) is 18.2 Å². The molecule has 0 radical (unpaired) electrons.